The number of hydrogen-bond acceptors (Lipinski definition) is 4. The first kappa shape index (κ1) is 13.5. The van der Waals surface area contributed by atoms with E-state index in [0.29, 0.717) is 13.2 Å². The molecule has 0 fully saturated rings. The minimum absolute atomic E-state index is 0.00309. The van der Waals surface area contributed by atoms with Crippen molar-refractivity contribution in [2.45, 2.75) is 19.8 Å². The summed E-state index contributed by atoms with van der Waals surface area (Å²) in [6.07, 6.45) is 2.09. The second-order valence-corrected chi connectivity index (χ2v) is 4.42. The molecule has 1 aliphatic rings. The smallest absolute Gasteiger partial charge is 0.239 e. The van der Waals surface area contributed by atoms with E-state index in [1.165, 1.54) is 0 Å². The van der Waals surface area contributed by atoms with Crippen LogP contribution >= 0.6 is 0 Å². The van der Waals surface area contributed by atoms with Gasteiger partial charge in [0.1, 0.15) is 13.2 Å². The second-order valence-electron chi connectivity index (χ2n) is 4.42. The first-order valence-electron chi connectivity index (χ1n) is 6.70. The Morgan fingerprint density at radius 2 is 2.05 bits per heavy atom. The zero-order valence-electron chi connectivity index (χ0n) is 11.2. The summed E-state index contributed by atoms with van der Waals surface area (Å²) in [4.78, 5) is 11.6. The highest BCUT2D eigenvalue weighted by atomic mass is 16.6. The molecule has 1 aliphatic heterocycles. The van der Waals surface area contributed by atoms with E-state index in [0.717, 1.165) is 36.6 Å². The predicted octanol–water partition coefficient (Wildman–Crippen LogP) is 1.79. The number of unbranched alkanes of at least 4 members (excludes halogenated alkanes) is 1. The Labute approximate surface area is 113 Å². The van der Waals surface area contributed by atoms with Crippen LogP contribution in [0.15, 0.2) is 18.2 Å². The lowest BCUT2D eigenvalue weighted by atomic mass is 10.2. The fraction of sp³-hybridized carbons (Fsp3) is 0.500. The topological polar surface area (TPSA) is 59.6 Å². The molecule has 0 bridgehead atoms. The van der Waals surface area contributed by atoms with E-state index in [1.54, 1.807) is 0 Å². The lowest BCUT2D eigenvalue weighted by Gasteiger charge is -2.19. The molecule has 0 unspecified atom stereocenters. The SMILES string of the molecule is CCCCNC(=O)CNc1ccc2c(c1)OCCO2. The third kappa shape index (κ3) is 4.05. The van der Waals surface area contributed by atoms with E-state index < -0.39 is 0 Å². The first-order valence-corrected chi connectivity index (χ1v) is 6.70. The molecule has 104 valence electrons. The molecule has 2 N–H and O–H groups in total. The van der Waals surface area contributed by atoms with Crippen LogP contribution in [0.1, 0.15) is 19.8 Å². The molecule has 0 saturated heterocycles. The summed E-state index contributed by atoms with van der Waals surface area (Å²) in [7, 11) is 0. The van der Waals surface area contributed by atoms with Gasteiger partial charge >= 0.3 is 0 Å². The van der Waals surface area contributed by atoms with Crippen molar-refractivity contribution >= 4 is 11.6 Å². The minimum Gasteiger partial charge on any atom is -0.486 e. The molecule has 5 nitrogen and oxygen atoms in total. The van der Waals surface area contributed by atoms with Gasteiger partial charge in [0.15, 0.2) is 11.5 Å². The summed E-state index contributed by atoms with van der Waals surface area (Å²) in [6.45, 7) is 4.24. The Kier molecular flexibility index (Phi) is 4.89. The van der Waals surface area contributed by atoms with Gasteiger partial charge < -0.3 is 20.1 Å². The van der Waals surface area contributed by atoms with Gasteiger partial charge in [-0.1, -0.05) is 13.3 Å². The van der Waals surface area contributed by atoms with Crippen LogP contribution in [0, 0.1) is 0 Å². The highest BCUT2D eigenvalue weighted by Crippen LogP contribution is 2.32. The summed E-state index contributed by atoms with van der Waals surface area (Å²) < 4.78 is 10.9. The molecular formula is C14H20N2O3. The number of benzene rings is 1. The van der Waals surface area contributed by atoms with Crippen LogP contribution in [0.5, 0.6) is 11.5 Å². The Balaban J connectivity index is 1.81. The lowest BCUT2D eigenvalue weighted by Crippen LogP contribution is -2.30. The van der Waals surface area contributed by atoms with Gasteiger partial charge in [0, 0.05) is 18.3 Å². The molecule has 0 aromatic heterocycles. The van der Waals surface area contributed by atoms with Crippen LogP contribution in [0.2, 0.25) is 0 Å². The highest BCUT2D eigenvalue weighted by Gasteiger charge is 2.11. The van der Waals surface area contributed by atoms with Crippen molar-refractivity contribution in [3.05, 3.63) is 18.2 Å². The van der Waals surface area contributed by atoms with Crippen molar-refractivity contribution in [2.24, 2.45) is 0 Å². The number of anilines is 1. The van der Waals surface area contributed by atoms with Crippen LogP contribution in [0.25, 0.3) is 0 Å². The molecule has 0 radical (unpaired) electrons. The fourth-order valence-corrected chi connectivity index (χ4v) is 1.80. The van der Waals surface area contributed by atoms with Crippen molar-refractivity contribution in [2.75, 3.05) is 31.6 Å². The molecule has 1 heterocycles. The number of fused-ring (bicyclic) bond motifs is 1. The molecule has 0 atom stereocenters. The monoisotopic (exact) mass is 264 g/mol. The van der Waals surface area contributed by atoms with E-state index >= 15 is 0 Å². The predicted molar refractivity (Wildman–Crippen MR) is 73.8 cm³/mol. The van der Waals surface area contributed by atoms with Crippen LogP contribution in [0.4, 0.5) is 5.69 Å². The Hall–Kier alpha value is -1.91. The molecule has 0 saturated carbocycles. The van der Waals surface area contributed by atoms with Gasteiger partial charge in [-0.2, -0.15) is 0 Å². The van der Waals surface area contributed by atoms with Crippen LogP contribution in [-0.2, 0) is 4.79 Å². The summed E-state index contributed by atoms with van der Waals surface area (Å²) in [6, 6.07) is 5.59. The Morgan fingerprint density at radius 3 is 2.84 bits per heavy atom. The minimum atomic E-state index is 0.00309. The normalized spacial score (nSPS) is 12.9. The maximum Gasteiger partial charge on any atom is 0.239 e. The van der Waals surface area contributed by atoms with Crippen molar-refractivity contribution in [3.63, 3.8) is 0 Å². The Morgan fingerprint density at radius 1 is 1.26 bits per heavy atom. The molecular weight excluding hydrogens is 244 g/mol. The molecule has 1 amide bonds. The maximum absolute atomic E-state index is 11.6. The van der Waals surface area contributed by atoms with E-state index in [2.05, 4.69) is 17.6 Å². The number of hydrogen-bond donors (Lipinski definition) is 2. The Bertz CT molecular complexity index is 435. The summed E-state index contributed by atoms with van der Waals surface area (Å²) >= 11 is 0. The second kappa shape index (κ2) is 6.87. The maximum atomic E-state index is 11.6. The molecule has 19 heavy (non-hydrogen) atoms. The standard InChI is InChI=1S/C14H20N2O3/c1-2-3-6-15-14(17)10-16-11-4-5-12-13(9-11)19-8-7-18-12/h4-5,9,16H,2-3,6-8,10H2,1H3,(H,15,17). The van der Waals surface area contributed by atoms with Gasteiger partial charge in [-0.25, -0.2) is 0 Å². The lowest BCUT2D eigenvalue weighted by molar-refractivity contribution is -0.119. The van der Waals surface area contributed by atoms with Crippen molar-refractivity contribution < 1.29 is 14.3 Å². The highest BCUT2D eigenvalue weighted by molar-refractivity contribution is 5.80. The average Bonchev–Trinajstić information content (AvgIpc) is 2.45. The number of amides is 1. The van der Waals surface area contributed by atoms with Gasteiger partial charge in [0.25, 0.3) is 0 Å². The van der Waals surface area contributed by atoms with Crippen LogP contribution < -0.4 is 20.1 Å². The van der Waals surface area contributed by atoms with Gasteiger partial charge in [0.2, 0.25) is 5.91 Å². The number of carbonyl (C=O) groups is 1. The zero-order chi connectivity index (χ0) is 13.5. The van der Waals surface area contributed by atoms with Crippen LogP contribution in [0.3, 0.4) is 0 Å². The van der Waals surface area contributed by atoms with Crippen LogP contribution in [-0.4, -0.2) is 32.2 Å². The van der Waals surface area contributed by atoms with E-state index in [4.69, 9.17) is 9.47 Å². The van der Waals surface area contributed by atoms with Gasteiger partial charge in [-0.05, 0) is 18.6 Å². The van der Waals surface area contributed by atoms with Gasteiger partial charge in [-0.15, -0.1) is 0 Å². The average molecular weight is 264 g/mol. The summed E-state index contributed by atoms with van der Waals surface area (Å²) in [5.74, 6) is 1.48. The number of nitrogens with one attached hydrogen (secondary N) is 2. The van der Waals surface area contributed by atoms with Gasteiger partial charge in [0.05, 0.1) is 6.54 Å². The third-order valence-electron chi connectivity index (χ3n) is 2.85. The number of carbonyl (C=O) groups excluding carboxylic acids is 1. The van der Waals surface area contributed by atoms with Crippen molar-refractivity contribution in [1.82, 2.24) is 5.32 Å². The van der Waals surface area contributed by atoms with E-state index in [1.807, 2.05) is 18.2 Å². The molecule has 5 heteroatoms. The van der Waals surface area contributed by atoms with Crippen molar-refractivity contribution in [1.29, 1.82) is 0 Å². The summed E-state index contributed by atoms with van der Waals surface area (Å²) in [5.41, 5.74) is 0.856. The quantitative estimate of drug-likeness (QED) is 0.769. The van der Waals surface area contributed by atoms with Crippen molar-refractivity contribution in [3.8, 4) is 11.5 Å². The number of ether oxygens (including phenoxy) is 2. The fourth-order valence-electron chi connectivity index (χ4n) is 1.80. The zero-order valence-corrected chi connectivity index (χ0v) is 11.2. The molecule has 0 aliphatic carbocycles. The third-order valence-corrected chi connectivity index (χ3v) is 2.85. The molecule has 0 spiro atoms. The van der Waals surface area contributed by atoms with E-state index in [9.17, 15) is 4.79 Å². The molecule has 1 aromatic rings. The molecule has 2 rings (SSSR count). The first-order chi connectivity index (χ1) is 9.29. The van der Waals surface area contributed by atoms with E-state index in [-0.39, 0.29) is 12.5 Å². The molecule has 1 aromatic carbocycles. The largest absolute Gasteiger partial charge is 0.486 e. The number of rotatable bonds is 6. The van der Waals surface area contributed by atoms with Gasteiger partial charge in [-0.3, -0.25) is 4.79 Å². The summed E-state index contributed by atoms with van der Waals surface area (Å²) in [5, 5.41) is 5.93.